The molecule has 0 aliphatic heterocycles. The molecule has 1 heterocycles. The first-order chi connectivity index (χ1) is 9.60. The van der Waals surface area contributed by atoms with Crippen molar-refractivity contribution >= 4 is 27.5 Å². The highest BCUT2D eigenvalue weighted by Crippen LogP contribution is 2.27. The molecule has 0 aliphatic carbocycles. The maximum Gasteiger partial charge on any atom is 0.193 e. The molecule has 2 nitrogen and oxygen atoms in total. The van der Waals surface area contributed by atoms with Crippen molar-refractivity contribution in [3.63, 3.8) is 0 Å². The summed E-state index contributed by atoms with van der Waals surface area (Å²) < 4.78 is 19.7. The molecule has 0 radical (unpaired) electrons. The Bertz CT molecular complexity index is 573. The molecule has 0 amide bonds. The summed E-state index contributed by atoms with van der Waals surface area (Å²) in [4.78, 5) is 0. The van der Waals surface area contributed by atoms with Crippen molar-refractivity contribution < 1.29 is 8.81 Å². The van der Waals surface area contributed by atoms with Crippen LogP contribution in [0.1, 0.15) is 30.7 Å². The number of hydrogen-bond donors (Lipinski definition) is 1. The van der Waals surface area contributed by atoms with E-state index in [0.717, 1.165) is 28.8 Å². The fraction of sp³-hybridized carbons (Fsp3) is 0.333. The topological polar surface area (TPSA) is 25.2 Å². The van der Waals surface area contributed by atoms with Crippen molar-refractivity contribution in [3.8, 4) is 0 Å². The van der Waals surface area contributed by atoms with Crippen LogP contribution in [-0.4, -0.2) is 6.54 Å². The van der Waals surface area contributed by atoms with Gasteiger partial charge in [0.25, 0.3) is 0 Å². The Morgan fingerprint density at radius 3 is 2.80 bits per heavy atom. The molecule has 1 atom stereocenters. The van der Waals surface area contributed by atoms with Crippen LogP contribution in [-0.2, 0) is 6.42 Å². The van der Waals surface area contributed by atoms with Crippen molar-refractivity contribution in [2.45, 2.75) is 25.8 Å². The molecule has 2 rings (SSSR count). The summed E-state index contributed by atoms with van der Waals surface area (Å²) in [5, 5.41) is 3.76. The van der Waals surface area contributed by atoms with Crippen LogP contribution in [0.25, 0.3) is 0 Å². The summed E-state index contributed by atoms with van der Waals surface area (Å²) in [7, 11) is 0. The van der Waals surface area contributed by atoms with Crippen LogP contribution in [0.5, 0.6) is 0 Å². The van der Waals surface area contributed by atoms with E-state index in [1.165, 1.54) is 12.1 Å². The third-order valence-electron chi connectivity index (χ3n) is 3.01. The van der Waals surface area contributed by atoms with E-state index in [-0.39, 0.29) is 11.9 Å². The van der Waals surface area contributed by atoms with E-state index in [1.807, 2.05) is 6.07 Å². The average molecular weight is 361 g/mol. The van der Waals surface area contributed by atoms with E-state index < -0.39 is 0 Å². The number of rotatable bonds is 6. The smallest absolute Gasteiger partial charge is 0.193 e. The summed E-state index contributed by atoms with van der Waals surface area (Å²) in [6.45, 7) is 2.95. The summed E-state index contributed by atoms with van der Waals surface area (Å²) >= 11 is 9.29. The normalized spacial score (nSPS) is 12.6. The molecule has 0 spiro atoms. The van der Waals surface area contributed by atoms with E-state index in [0.29, 0.717) is 11.6 Å². The molecule has 20 heavy (non-hydrogen) atoms. The van der Waals surface area contributed by atoms with Crippen LogP contribution in [0.4, 0.5) is 4.39 Å². The van der Waals surface area contributed by atoms with Gasteiger partial charge in [0.15, 0.2) is 5.22 Å². The third-order valence-corrected chi connectivity index (χ3v) is 3.99. The number of nitrogens with one attached hydrogen (secondary N) is 1. The second-order valence-electron chi connectivity index (χ2n) is 4.59. The summed E-state index contributed by atoms with van der Waals surface area (Å²) in [5.74, 6) is 0.523. The lowest BCUT2D eigenvalue weighted by Gasteiger charge is -2.17. The highest BCUT2D eigenvalue weighted by Gasteiger charge is 2.17. The van der Waals surface area contributed by atoms with E-state index in [1.54, 1.807) is 12.1 Å². The Balaban J connectivity index is 2.21. The summed E-state index contributed by atoms with van der Waals surface area (Å²) in [5.41, 5.74) is 0.895. The average Bonchev–Trinajstić information content (AvgIpc) is 2.85. The quantitative estimate of drug-likeness (QED) is 0.773. The fourth-order valence-corrected chi connectivity index (χ4v) is 2.59. The van der Waals surface area contributed by atoms with Gasteiger partial charge in [-0.05, 0) is 66.9 Å². The number of benzene rings is 1. The maximum atomic E-state index is 13.4. The Morgan fingerprint density at radius 1 is 1.35 bits per heavy atom. The van der Waals surface area contributed by atoms with Gasteiger partial charge in [0.1, 0.15) is 11.6 Å². The molecule has 1 unspecified atom stereocenters. The first-order valence-corrected chi connectivity index (χ1v) is 7.69. The predicted molar refractivity (Wildman–Crippen MR) is 82.6 cm³/mol. The summed E-state index contributed by atoms with van der Waals surface area (Å²) in [6, 6.07) is 8.24. The summed E-state index contributed by atoms with van der Waals surface area (Å²) in [6.07, 6.45) is 1.64. The third kappa shape index (κ3) is 4.08. The molecular formula is C15H16BrClFNO. The van der Waals surface area contributed by atoms with Crippen LogP contribution in [0.3, 0.4) is 0 Å². The van der Waals surface area contributed by atoms with Gasteiger partial charge in [-0.2, -0.15) is 0 Å². The highest BCUT2D eigenvalue weighted by atomic mass is 79.9. The molecule has 5 heteroatoms. The Labute approximate surface area is 131 Å². The Hall–Kier alpha value is -0.840. The molecule has 2 aromatic rings. The van der Waals surface area contributed by atoms with Gasteiger partial charge in [-0.3, -0.25) is 0 Å². The zero-order chi connectivity index (χ0) is 14.5. The van der Waals surface area contributed by atoms with Crippen molar-refractivity contribution in [2.24, 2.45) is 0 Å². The van der Waals surface area contributed by atoms with E-state index in [4.69, 9.17) is 16.0 Å². The molecule has 1 aromatic heterocycles. The zero-order valence-corrected chi connectivity index (χ0v) is 13.5. The van der Waals surface area contributed by atoms with E-state index in [9.17, 15) is 4.39 Å². The minimum absolute atomic E-state index is 0.0273. The lowest BCUT2D eigenvalue weighted by molar-refractivity contribution is 0.410. The largest absolute Gasteiger partial charge is 0.448 e. The fourth-order valence-electron chi connectivity index (χ4n) is 2.03. The number of furan rings is 1. The Kier molecular flexibility index (Phi) is 5.64. The van der Waals surface area contributed by atoms with Gasteiger partial charge >= 0.3 is 0 Å². The minimum atomic E-state index is -0.241. The van der Waals surface area contributed by atoms with Crippen LogP contribution in [0.2, 0.25) is 5.22 Å². The first kappa shape index (κ1) is 15.5. The SMILES string of the molecule is CCCNC(Cc1cc(F)ccc1Br)c1ccc(Cl)o1. The maximum absolute atomic E-state index is 13.4. The second-order valence-corrected chi connectivity index (χ2v) is 5.82. The van der Waals surface area contributed by atoms with Crippen LogP contribution >= 0.6 is 27.5 Å². The molecule has 0 saturated heterocycles. The number of hydrogen-bond acceptors (Lipinski definition) is 2. The Morgan fingerprint density at radius 2 is 2.15 bits per heavy atom. The van der Waals surface area contributed by atoms with Crippen LogP contribution in [0, 0.1) is 5.82 Å². The van der Waals surface area contributed by atoms with Gasteiger partial charge in [-0.15, -0.1) is 0 Å². The van der Waals surface area contributed by atoms with Gasteiger partial charge < -0.3 is 9.73 Å². The standard InChI is InChI=1S/C15H16BrClFNO/c1-2-7-19-13(14-5-6-15(17)20-14)9-10-8-11(18)3-4-12(10)16/h3-6,8,13,19H,2,7,9H2,1H3. The highest BCUT2D eigenvalue weighted by molar-refractivity contribution is 9.10. The van der Waals surface area contributed by atoms with E-state index >= 15 is 0 Å². The second kappa shape index (κ2) is 7.25. The van der Waals surface area contributed by atoms with Crippen molar-refractivity contribution in [3.05, 3.63) is 57.2 Å². The zero-order valence-electron chi connectivity index (χ0n) is 11.1. The monoisotopic (exact) mass is 359 g/mol. The molecule has 1 N–H and O–H groups in total. The molecule has 108 valence electrons. The van der Waals surface area contributed by atoms with Crippen molar-refractivity contribution in [1.82, 2.24) is 5.32 Å². The van der Waals surface area contributed by atoms with Gasteiger partial charge in [-0.25, -0.2) is 4.39 Å². The number of halogens is 3. The van der Waals surface area contributed by atoms with Gasteiger partial charge in [0.05, 0.1) is 6.04 Å². The van der Waals surface area contributed by atoms with Gasteiger partial charge in [0.2, 0.25) is 0 Å². The van der Waals surface area contributed by atoms with E-state index in [2.05, 4.69) is 28.2 Å². The van der Waals surface area contributed by atoms with Crippen molar-refractivity contribution in [2.75, 3.05) is 6.54 Å². The minimum Gasteiger partial charge on any atom is -0.448 e. The molecule has 0 fully saturated rings. The molecule has 0 bridgehead atoms. The van der Waals surface area contributed by atoms with Crippen LogP contribution < -0.4 is 5.32 Å². The molecule has 0 aliphatic rings. The molecule has 1 aromatic carbocycles. The molecule has 0 saturated carbocycles. The molecular weight excluding hydrogens is 345 g/mol. The first-order valence-electron chi connectivity index (χ1n) is 6.52. The lowest BCUT2D eigenvalue weighted by atomic mass is 10.0. The van der Waals surface area contributed by atoms with Crippen LogP contribution in [0.15, 0.2) is 39.2 Å². The van der Waals surface area contributed by atoms with Gasteiger partial charge in [-0.1, -0.05) is 22.9 Å². The van der Waals surface area contributed by atoms with Gasteiger partial charge in [0, 0.05) is 4.47 Å². The lowest BCUT2D eigenvalue weighted by Crippen LogP contribution is -2.23. The predicted octanol–water partition coefficient (Wildman–Crippen LogP) is 5.12. The van der Waals surface area contributed by atoms with Crippen molar-refractivity contribution in [1.29, 1.82) is 0 Å².